The summed E-state index contributed by atoms with van der Waals surface area (Å²) in [5.74, 6) is 4.77. The highest BCUT2D eigenvalue weighted by atomic mass is 19.1. The maximum atomic E-state index is 13.4. The van der Waals surface area contributed by atoms with Crippen molar-refractivity contribution in [3.8, 4) is 5.75 Å². The van der Waals surface area contributed by atoms with E-state index in [4.69, 9.17) is 10.6 Å². The maximum Gasteiger partial charge on any atom is 0.165 e. The van der Waals surface area contributed by atoms with E-state index in [1.165, 1.54) is 13.2 Å². The molecule has 1 aromatic carbocycles. The van der Waals surface area contributed by atoms with Crippen molar-refractivity contribution in [1.29, 1.82) is 0 Å². The molecule has 3 nitrogen and oxygen atoms in total. The third-order valence-electron chi connectivity index (χ3n) is 2.03. The fraction of sp³-hybridized carbons (Fsp3) is 0.400. The number of nitrogens with two attached hydrogens (primary N) is 1. The van der Waals surface area contributed by atoms with Crippen LogP contribution in [0.2, 0.25) is 0 Å². The summed E-state index contributed by atoms with van der Waals surface area (Å²) in [4.78, 5) is 4.48. The molecule has 0 aliphatic heterocycles. The van der Waals surface area contributed by atoms with Crippen molar-refractivity contribution in [2.75, 3.05) is 7.11 Å². The van der Waals surface area contributed by atoms with Gasteiger partial charge in [-0.15, -0.1) is 0 Å². The highest BCUT2D eigenvalue weighted by molar-refractivity contribution is 5.38. The minimum atomic E-state index is -0.376. The van der Waals surface area contributed by atoms with Gasteiger partial charge < -0.3 is 4.74 Å². The van der Waals surface area contributed by atoms with E-state index >= 15 is 0 Å². The molecular formula is C10H14FNO2. The van der Waals surface area contributed by atoms with E-state index in [1.54, 1.807) is 0 Å². The van der Waals surface area contributed by atoms with Crippen molar-refractivity contribution in [3.05, 3.63) is 29.1 Å². The molecule has 0 aromatic heterocycles. The Labute approximate surface area is 82.6 Å². The van der Waals surface area contributed by atoms with Gasteiger partial charge in [0.05, 0.1) is 13.7 Å². The second-order valence-electron chi connectivity index (χ2n) is 2.93. The van der Waals surface area contributed by atoms with Crippen LogP contribution in [0.25, 0.3) is 0 Å². The molecule has 14 heavy (non-hydrogen) atoms. The largest absolute Gasteiger partial charge is 0.493 e. The average molecular weight is 199 g/mol. The average Bonchev–Trinajstić information content (AvgIpc) is 2.18. The predicted octanol–water partition coefficient (Wildman–Crippen LogP) is 1.79. The molecule has 1 aromatic rings. The summed E-state index contributed by atoms with van der Waals surface area (Å²) in [7, 11) is 1.42. The van der Waals surface area contributed by atoms with E-state index < -0.39 is 0 Å². The van der Waals surface area contributed by atoms with E-state index in [9.17, 15) is 4.39 Å². The van der Waals surface area contributed by atoms with Crippen molar-refractivity contribution in [2.24, 2.45) is 5.90 Å². The first kappa shape index (κ1) is 10.9. The SMILES string of the molecule is CCc1cc(F)c(OC)c(CON)c1. The van der Waals surface area contributed by atoms with Crippen LogP contribution in [0, 0.1) is 5.82 Å². The lowest BCUT2D eigenvalue weighted by Gasteiger charge is -2.10. The molecule has 0 radical (unpaired) electrons. The predicted molar refractivity (Wildman–Crippen MR) is 51.3 cm³/mol. The Kier molecular flexibility index (Phi) is 3.85. The Morgan fingerprint density at radius 2 is 2.14 bits per heavy atom. The number of benzene rings is 1. The molecule has 0 saturated heterocycles. The molecule has 0 atom stereocenters. The van der Waals surface area contributed by atoms with Gasteiger partial charge in [0.25, 0.3) is 0 Å². The van der Waals surface area contributed by atoms with Crippen molar-refractivity contribution >= 4 is 0 Å². The lowest BCUT2D eigenvalue weighted by Crippen LogP contribution is -2.03. The summed E-state index contributed by atoms with van der Waals surface area (Å²) < 4.78 is 18.3. The van der Waals surface area contributed by atoms with E-state index in [2.05, 4.69) is 4.84 Å². The van der Waals surface area contributed by atoms with Crippen LogP contribution in [0.1, 0.15) is 18.1 Å². The van der Waals surface area contributed by atoms with Crippen LogP contribution in [-0.4, -0.2) is 7.11 Å². The Morgan fingerprint density at radius 3 is 2.64 bits per heavy atom. The molecule has 0 fully saturated rings. The van der Waals surface area contributed by atoms with Gasteiger partial charge in [0.1, 0.15) is 0 Å². The van der Waals surface area contributed by atoms with Crippen molar-refractivity contribution in [2.45, 2.75) is 20.0 Å². The van der Waals surface area contributed by atoms with Crippen LogP contribution in [0.3, 0.4) is 0 Å². The molecule has 0 heterocycles. The summed E-state index contributed by atoms with van der Waals surface area (Å²) in [6.07, 6.45) is 0.762. The van der Waals surface area contributed by atoms with Crippen LogP contribution in [-0.2, 0) is 17.9 Å². The Morgan fingerprint density at radius 1 is 1.43 bits per heavy atom. The number of ether oxygens (including phenoxy) is 1. The quantitative estimate of drug-likeness (QED) is 0.752. The van der Waals surface area contributed by atoms with Crippen LogP contribution < -0.4 is 10.6 Å². The summed E-state index contributed by atoms with van der Waals surface area (Å²) in [5, 5.41) is 0. The van der Waals surface area contributed by atoms with Gasteiger partial charge in [0.2, 0.25) is 0 Å². The van der Waals surface area contributed by atoms with Gasteiger partial charge in [-0.3, -0.25) is 4.84 Å². The molecule has 0 spiro atoms. The molecular weight excluding hydrogens is 185 g/mol. The van der Waals surface area contributed by atoms with Crippen molar-refractivity contribution < 1.29 is 14.0 Å². The van der Waals surface area contributed by atoms with Crippen LogP contribution in [0.15, 0.2) is 12.1 Å². The number of hydrogen-bond acceptors (Lipinski definition) is 3. The Balaban J connectivity index is 3.13. The first-order valence-electron chi connectivity index (χ1n) is 4.39. The molecule has 0 amide bonds. The molecule has 0 saturated carbocycles. The zero-order valence-corrected chi connectivity index (χ0v) is 8.34. The molecule has 0 aliphatic rings. The summed E-state index contributed by atoms with van der Waals surface area (Å²) in [6, 6.07) is 3.29. The first-order valence-corrected chi connectivity index (χ1v) is 4.39. The molecule has 0 bridgehead atoms. The van der Waals surface area contributed by atoms with Gasteiger partial charge in [0, 0.05) is 5.56 Å². The van der Waals surface area contributed by atoms with Gasteiger partial charge in [-0.05, 0) is 24.1 Å². The lowest BCUT2D eigenvalue weighted by atomic mass is 10.1. The van der Waals surface area contributed by atoms with Gasteiger partial charge in [-0.1, -0.05) is 6.92 Å². The Bertz CT molecular complexity index is 315. The molecule has 1 rings (SSSR count). The van der Waals surface area contributed by atoms with Crippen LogP contribution >= 0.6 is 0 Å². The lowest BCUT2D eigenvalue weighted by molar-refractivity contribution is 0.121. The molecule has 0 unspecified atom stereocenters. The Hall–Kier alpha value is -1.13. The summed E-state index contributed by atoms with van der Waals surface area (Å²) >= 11 is 0. The third kappa shape index (κ3) is 2.21. The number of methoxy groups -OCH3 is 1. The van der Waals surface area contributed by atoms with Crippen molar-refractivity contribution in [1.82, 2.24) is 0 Å². The van der Waals surface area contributed by atoms with Crippen LogP contribution in [0.5, 0.6) is 5.75 Å². The smallest absolute Gasteiger partial charge is 0.165 e. The van der Waals surface area contributed by atoms with Gasteiger partial charge in [-0.2, -0.15) is 0 Å². The van der Waals surface area contributed by atoms with Gasteiger partial charge in [0.15, 0.2) is 11.6 Å². The minimum Gasteiger partial charge on any atom is -0.493 e. The second-order valence-corrected chi connectivity index (χ2v) is 2.93. The van der Waals surface area contributed by atoms with E-state index in [0.29, 0.717) is 5.56 Å². The fourth-order valence-corrected chi connectivity index (χ4v) is 1.34. The monoisotopic (exact) mass is 199 g/mol. The number of halogens is 1. The third-order valence-corrected chi connectivity index (χ3v) is 2.03. The standard InChI is InChI=1S/C10H14FNO2/c1-3-7-4-8(6-14-12)10(13-2)9(11)5-7/h4-5H,3,6,12H2,1-2H3. The maximum absolute atomic E-state index is 13.4. The normalized spacial score (nSPS) is 10.3. The fourth-order valence-electron chi connectivity index (χ4n) is 1.34. The van der Waals surface area contributed by atoms with Crippen LogP contribution in [0.4, 0.5) is 4.39 Å². The summed E-state index contributed by atoms with van der Waals surface area (Å²) in [5.41, 5.74) is 1.53. The minimum absolute atomic E-state index is 0.147. The number of rotatable bonds is 4. The second kappa shape index (κ2) is 4.93. The zero-order chi connectivity index (χ0) is 10.6. The molecule has 2 N–H and O–H groups in total. The van der Waals surface area contributed by atoms with Crippen molar-refractivity contribution in [3.63, 3.8) is 0 Å². The van der Waals surface area contributed by atoms with E-state index in [1.807, 2.05) is 13.0 Å². The highest BCUT2D eigenvalue weighted by Gasteiger charge is 2.10. The highest BCUT2D eigenvalue weighted by Crippen LogP contribution is 2.25. The van der Waals surface area contributed by atoms with E-state index in [-0.39, 0.29) is 18.2 Å². The van der Waals surface area contributed by atoms with Gasteiger partial charge in [-0.25, -0.2) is 10.3 Å². The first-order chi connectivity index (χ1) is 6.72. The number of aryl methyl sites for hydroxylation is 1. The summed E-state index contributed by atoms with van der Waals surface area (Å²) in [6.45, 7) is 2.10. The van der Waals surface area contributed by atoms with Gasteiger partial charge >= 0.3 is 0 Å². The number of hydrogen-bond donors (Lipinski definition) is 1. The van der Waals surface area contributed by atoms with E-state index in [0.717, 1.165) is 12.0 Å². The zero-order valence-electron chi connectivity index (χ0n) is 8.34. The molecule has 78 valence electrons. The molecule has 4 heteroatoms. The molecule has 0 aliphatic carbocycles. The topological polar surface area (TPSA) is 44.5 Å².